The third-order valence-electron chi connectivity index (χ3n) is 0.236. The van der Waals surface area contributed by atoms with Crippen LogP contribution in [0.1, 0.15) is 0 Å². The fraction of sp³-hybridized carbons (Fsp3) is 0. The fourth-order valence-corrected chi connectivity index (χ4v) is 0.250. The van der Waals surface area contributed by atoms with E-state index in [1.165, 1.54) is 0 Å². The van der Waals surface area contributed by atoms with E-state index in [1.54, 1.807) is 22.0 Å². The van der Waals surface area contributed by atoms with Gasteiger partial charge in [0.05, 0.1) is 0 Å². The van der Waals surface area contributed by atoms with Crippen LogP contribution in [0.5, 0.6) is 0 Å². The SMILES string of the molecule is C=CC=C=[SiH2]. The van der Waals surface area contributed by atoms with Crippen LogP contribution < -0.4 is 0 Å². The van der Waals surface area contributed by atoms with Gasteiger partial charge in [-0.1, -0.05) is 12.7 Å². The first kappa shape index (κ1) is 4.61. The maximum Gasteiger partial charge on any atom is 0.0333 e. The normalized spacial score (nSPS) is 4.80. The van der Waals surface area contributed by atoms with Gasteiger partial charge in [-0.25, -0.2) is 0 Å². The molecule has 0 radical (unpaired) electrons. The Hall–Kier alpha value is -0.393. The molecule has 0 aliphatic rings. The zero-order chi connectivity index (χ0) is 4.12. The van der Waals surface area contributed by atoms with Crippen molar-refractivity contribution in [2.75, 3.05) is 0 Å². The van der Waals surface area contributed by atoms with Gasteiger partial charge in [0, 0.05) is 9.85 Å². The Balaban J connectivity index is 3.31. The van der Waals surface area contributed by atoms with Crippen LogP contribution >= 0.6 is 0 Å². The first-order valence-corrected chi connectivity index (χ1v) is 2.09. The second kappa shape index (κ2) is 3.61. The van der Waals surface area contributed by atoms with E-state index in [-0.39, 0.29) is 0 Å². The van der Waals surface area contributed by atoms with Crippen LogP contribution in [0.25, 0.3) is 0 Å². The van der Waals surface area contributed by atoms with Gasteiger partial charge >= 0.3 is 0 Å². The maximum absolute atomic E-state index is 3.44. The Labute approximate surface area is 34.9 Å². The molecule has 0 heterocycles. The molecule has 1 heteroatoms. The number of hydrogen-bond donors (Lipinski definition) is 0. The molecule has 0 saturated carbocycles. The molecular formula is C4H6Si. The van der Waals surface area contributed by atoms with Gasteiger partial charge in [-0.15, -0.1) is 0 Å². The van der Waals surface area contributed by atoms with E-state index in [4.69, 9.17) is 0 Å². The topological polar surface area (TPSA) is 0 Å². The molecule has 0 spiro atoms. The fourth-order valence-electron chi connectivity index (χ4n) is 0.0833. The lowest BCUT2D eigenvalue weighted by molar-refractivity contribution is 2.22. The third kappa shape index (κ3) is 3.61. The summed E-state index contributed by atoms with van der Waals surface area (Å²) in [6, 6.07) is 0. The molecule has 26 valence electrons. The highest BCUT2D eigenvalue weighted by Crippen LogP contribution is 1.51. The van der Waals surface area contributed by atoms with E-state index < -0.39 is 0 Å². The standard InChI is InChI=1S/C4H6Si/c1-2-3-4-5/h2-3H,1,5H2. The van der Waals surface area contributed by atoms with Gasteiger partial charge in [-0.2, -0.15) is 5.33 Å². The van der Waals surface area contributed by atoms with Crippen LogP contribution in [-0.2, 0) is 0 Å². The molecule has 0 rings (SSSR count). The molecule has 0 aliphatic heterocycles. The predicted molar refractivity (Wildman–Crippen MR) is 28.3 cm³/mol. The van der Waals surface area contributed by atoms with Crippen molar-refractivity contribution in [1.29, 1.82) is 0 Å². The molecule has 0 aromatic heterocycles. The molecule has 0 nitrogen and oxygen atoms in total. The third-order valence-corrected chi connectivity index (χ3v) is 0.471. The second-order valence-corrected chi connectivity index (χ2v) is 1.01. The number of rotatable bonds is 1. The maximum atomic E-state index is 3.44. The highest BCUT2D eigenvalue weighted by Gasteiger charge is 1.35. The minimum absolute atomic E-state index is 1.67. The molecule has 0 atom stereocenters. The van der Waals surface area contributed by atoms with Crippen molar-refractivity contribution in [3.8, 4) is 0 Å². The summed E-state index contributed by atoms with van der Waals surface area (Å²) in [5.74, 6) is 0. The summed E-state index contributed by atoms with van der Waals surface area (Å²) >= 11 is 0. The molecule has 0 fully saturated rings. The second-order valence-electron chi connectivity index (χ2n) is 0.606. The van der Waals surface area contributed by atoms with Gasteiger partial charge in [0.2, 0.25) is 0 Å². The van der Waals surface area contributed by atoms with E-state index in [1.807, 2.05) is 0 Å². The largest absolute Gasteiger partial charge is 0.164 e. The summed E-state index contributed by atoms with van der Waals surface area (Å²) < 4.78 is 0. The van der Waals surface area contributed by atoms with Crippen LogP contribution in [0.4, 0.5) is 0 Å². The Bertz CT molecular complexity index is 67.7. The Morgan fingerprint density at radius 3 is 2.40 bits per heavy atom. The lowest BCUT2D eigenvalue weighted by Crippen LogP contribution is -1.41. The van der Waals surface area contributed by atoms with Crippen molar-refractivity contribution in [2.24, 2.45) is 0 Å². The zero-order valence-corrected chi connectivity index (χ0v) is 4.48. The first-order valence-electron chi connectivity index (χ1n) is 1.38. The Morgan fingerprint density at radius 2 is 2.40 bits per heavy atom. The molecule has 0 aromatic rings. The minimum atomic E-state index is 1.67. The van der Waals surface area contributed by atoms with E-state index in [0.29, 0.717) is 0 Å². The summed E-state index contributed by atoms with van der Waals surface area (Å²) in [5.41, 5.74) is 0. The lowest BCUT2D eigenvalue weighted by atomic mass is 10.6. The van der Waals surface area contributed by atoms with E-state index in [9.17, 15) is 0 Å². The average molecular weight is 82.2 g/mol. The summed E-state index contributed by atoms with van der Waals surface area (Å²) in [6.45, 7) is 3.44. The quantitative estimate of drug-likeness (QED) is 0.302. The summed E-state index contributed by atoms with van der Waals surface area (Å²) in [5, 5.41) is 2.80. The van der Waals surface area contributed by atoms with Gasteiger partial charge in [0.15, 0.2) is 0 Å². The molecule has 0 amide bonds. The van der Waals surface area contributed by atoms with Crippen molar-refractivity contribution in [1.82, 2.24) is 0 Å². The number of allylic oxidation sites excluding steroid dienone is 2. The smallest absolute Gasteiger partial charge is 0.0333 e. The summed E-state index contributed by atoms with van der Waals surface area (Å²) in [6.07, 6.45) is 3.48. The number of hydrogen-bond acceptors (Lipinski definition) is 0. The molecule has 5 heavy (non-hydrogen) atoms. The van der Waals surface area contributed by atoms with Crippen molar-refractivity contribution in [3.05, 3.63) is 18.7 Å². The average Bonchev–Trinajstić information content (AvgIpc) is 1.41. The molecule has 0 unspecified atom stereocenters. The monoisotopic (exact) mass is 82.0 g/mol. The summed E-state index contributed by atoms with van der Waals surface area (Å²) in [4.78, 5) is 0. The van der Waals surface area contributed by atoms with Crippen LogP contribution in [-0.4, -0.2) is 15.2 Å². The van der Waals surface area contributed by atoms with Crippen molar-refractivity contribution in [2.45, 2.75) is 0 Å². The van der Waals surface area contributed by atoms with E-state index in [2.05, 4.69) is 11.9 Å². The van der Waals surface area contributed by atoms with E-state index in [0.717, 1.165) is 0 Å². The van der Waals surface area contributed by atoms with Gasteiger partial charge < -0.3 is 0 Å². The zero-order valence-electron chi connectivity index (χ0n) is 3.07. The van der Waals surface area contributed by atoms with Crippen LogP contribution in [0.15, 0.2) is 18.7 Å². The molecule has 0 aliphatic carbocycles. The van der Waals surface area contributed by atoms with Gasteiger partial charge in [0.25, 0.3) is 0 Å². The Morgan fingerprint density at radius 1 is 1.80 bits per heavy atom. The first-order chi connectivity index (χ1) is 2.41. The van der Waals surface area contributed by atoms with Gasteiger partial charge in [0.1, 0.15) is 0 Å². The molecule has 0 saturated heterocycles. The summed E-state index contributed by atoms with van der Waals surface area (Å²) in [7, 11) is 1.67. The van der Waals surface area contributed by atoms with Crippen molar-refractivity contribution < 1.29 is 0 Å². The predicted octanol–water partition coefficient (Wildman–Crippen LogP) is -0.237. The van der Waals surface area contributed by atoms with Crippen LogP contribution in [0, 0.1) is 0 Å². The highest BCUT2D eigenvalue weighted by molar-refractivity contribution is 6.24. The van der Waals surface area contributed by atoms with Gasteiger partial charge in [-0.05, 0) is 6.08 Å². The van der Waals surface area contributed by atoms with Gasteiger partial charge in [-0.3, -0.25) is 0 Å². The lowest BCUT2D eigenvalue weighted by Gasteiger charge is -1.48. The van der Waals surface area contributed by atoms with E-state index >= 15 is 0 Å². The molecule has 0 N–H and O–H groups in total. The van der Waals surface area contributed by atoms with Crippen molar-refractivity contribution in [3.63, 3.8) is 0 Å². The van der Waals surface area contributed by atoms with Crippen LogP contribution in [0.3, 0.4) is 0 Å². The highest BCUT2D eigenvalue weighted by atomic mass is 28.1. The van der Waals surface area contributed by atoms with Crippen LogP contribution in [0.2, 0.25) is 0 Å². The molecular weight excluding hydrogens is 76.1 g/mol. The minimum Gasteiger partial charge on any atom is -0.164 e. The molecule has 0 aromatic carbocycles. The van der Waals surface area contributed by atoms with Crippen molar-refractivity contribution >= 4 is 15.2 Å². The molecule has 0 bridgehead atoms. The Kier molecular flexibility index (Phi) is 3.32.